The van der Waals surface area contributed by atoms with Crippen LogP contribution < -0.4 is 4.72 Å². The molecule has 0 spiro atoms. The van der Waals surface area contributed by atoms with Crippen LogP contribution in [0.2, 0.25) is 0 Å². The SMILES string of the molecule is O=C(O)C1CCCN(S(=O)(=O)NCc2csc(-c3cnccn3)n2)C1. The molecule has 2 aromatic rings. The van der Waals surface area contributed by atoms with Crippen molar-refractivity contribution < 1.29 is 18.3 Å². The summed E-state index contributed by atoms with van der Waals surface area (Å²) in [6.07, 6.45) is 5.75. The summed E-state index contributed by atoms with van der Waals surface area (Å²) in [5.74, 6) is -1.62. The number of thiazole rings is 1. The molecule has 0 amide bonds. The van der Waals surface area contributed by atoms with Gasteiger partial charge in [-0.05, 0) is 12.8 Å². The molecule has 3 heterocycles. The second-order valence-electron chi connectivity index (χ2n) is 5.60. The molecule has 1 fully saturated rings. The highest BCUT2D eigenvalue weighted by Crippen LogP contribution is 2.22. The molecule has 11 heteroatoms. The van der Waals surface area contributed by atoms with Gasteiger partial charge in [-0.1, -0.05) is 0 Å². The van der Waals surface area contributed by atoms with E-state index in [1.165, 1.54) is 15.6 Å². The van der Waals surface area contributed by atoms with Gasteiger partial charge in [0.2, 0.25) is 0 Å². The van der Waals surface area contributed by atoms with Gasteiger partial charge >= 0.3 is 5.97 Å². The molecule has 1 atom stereocenters. The predicted octanol–water partition coefficient (Wildman–Crippen LogP) is 0.731. The van der Waals surface area contributed by atoms with Crippen LogP contribution in [0.4, 0.5) is 0 Å². The lowest BCUT2D eigenvalue weighted by Crippen LogP contribution is -2.47. The molecule has 0 aromatic carbocycles. The molecule has 0 bridgehead atoms. The smallest absolute Gasteiger partial charge is 0.307 e. The van der Waals surface area contributed by atoms with Crippen LogP contribution in [0.25, 0.3) is 10.7 Å². The molecule has 1 saturated heterocycles. The number of aromatic nitrogens is 3. The largest absolute Gasteiger partial charge is 0.481 e. The Kier molecular flexibility index (Phi) is 5.37. The van der Waals surface area contributed by atoms with E-state index in [1.54, 1.807) is 24.0 Å². The maximum Gasteiger partial charge on any atom is 0.307 e. The number of carboxylic acids is 1. The Labute approximate surface area is 148 Å². The maximum atomic E-state index is 12.4. The lowest BCUT2D eigenvalue weighted by molar-refractivity contribution is -0.142. The van der Waals surface area contributed by atoms with E-state index >= 15 is 0 Å². The number of hydrogen-bond acceptors (Lipinski definition) is 7. The Hall–Kier alpha value is -1.95. The van der Waals surface area contributed by atoms with E-state index in [0.29, 0.717) is 35.8 Å². The van der Waals surface area contributed by atoms with E-state index in [1.807, 2.05) is 0 Å². The van der Waals surface area contributed by atoms with Gasteiger partial charge in [0.25, 0.3) is 10.2 Å². The molecule has 1 aliphatic heterocycles. The van der Waals surface area contributed by atoms with Crippen molar-refractivity contribution in [1.29, 1.82) is 0 Å². The molecule has 3 rings (SSSR count). The number of hydrogen-bond donors (Lipinski definition) is 2. The minimum Gasteiger partial charge on any atom is -0.481 e. The van der Waals surface area contributed by atoms with Crippen molar-refractivity contribution in [3.63, 3.8) is 0 Å². The van der Waals surface area contributed by atoms with Crippen LogP contribution in [0.15, 0.2) is 24.0 Å². The molecule has 25 heavy (non-hydrogen) atoms. The molecule has 1 unspecified atom stereocenters. The number of carboxylic acid groups (broad SMARTS) is 1. The zero-order chi connectivity index (χ0) is 17.9. The molecule has 0 aliphatic carbocycles. The number of nitrogens with one attached hydrogen (secondary N) is 1. The van der Waals surface area contributed by atoms with Crippen molar-refractivity contribution in [2.75, 3.05) is 13.1 Å². The van der Waals surface area contributed by atoms with Crippen molar-refractivity contribution >= 4 is 27.5 Å². The number of piperidine rings is 1. The van der Waals surface area contributed by atoms with E-state index < -0.39 is 22.1 Å². The molecule has 9 nitrogen and oxygen atoms in total. The average Bonchev–Trinajstić information content (AvgIpc) is 3.10. The Morgan fingerprint density at radius 1 is 1.44 bits per heavy atom. The van der Waals surface area contributed by atoms with Gasteiger partial charge in [0.1, 0.15) is 10.7 Å². The zero-order valence-electron chi connectivity index (χ0n) is 13.2. The monoisotopic (exact) mass is 383 g/mol. The molecule has 0 radical (unpaired) electrons. The normalized spacial score (nSPS) is 19.0. The standard InChI is InChI=1S/C14H17N5O4S2/c20-14(21)10-2-1-5-19(8-10)25(22,23)17-6-11-9-24-13(18-11)12-7-15-3-4-16-12/h3-4,7,9-10,17H,1-2,5-6,8H2,(H,20,21). The van der Waals surface area contributed by atoms with Crippen LogP contribution in [0.1, 0.15) is 18.5 Å². The Morgan fingerprint density at radius 2 is 2.28 bits per heavy atom. The molecule has 2 aromatic heterocycles. The van der Waals surface area contributed by atoms with Gasteiger partial charge in [-0.15, -0.1) is 11.3 Å². The first-order chi connectivity index (χ1) is 12.0. The summed E-state index contributed by atoms with van der Waals surface area (Å²) >= 11 is 1.35. The third-order valence-corrected chi connectivity index (χ3v) is 6.28. The molecule has 1 aliphatic rings. The molecular formula is C14H17N5O4S2. The maximum absolute atomic E-state index is 12.4. The van der Waals surface area contributed by atoms with Gasteiger partial charge in [0.15, 0.2) is 0 Å². The number of nitrogens with zero attached hydrogens (tertiary/aromatic N) is 4. The lowest BCUT2D eigenvalue weighted by Gasteiger charge is -2.29. The summed E-state index contributed by atoms with van der Waals surface area (Å²) in [7, 11) is -3.75. The highest BCUT2D eigenvalue weighted by Gasteiger charge is 2.32. The lowest BCUT2D eigenvalue weighted by atomic mass is 10.0. The number of rotatable bonds is 6. The van der Waals surface area contributed by atoms with Gasteiger partial charge in [-0.2, -0.15) is 17.4 Å². The summed E-state index contributed by atoms with van der Waals surface area (Å²) in [4.78, 5) is 23.6. The van der Waals surface area contributed by atoms with Crippen molar-refractivity contribution in [3.8, 4) is 10.7 Å². The van der Waals surface area contributed by atoms with Gasteiger partial charge in [-0.3, -0.25) is 14.8 Å². The minimum absolute atomic E-state index is 0.00735. The third kappa shape index (κ3) is 4.37. The zero-order valence-corrected chi connectivity index (χ0v) is 14.8. The third-order valence-electron chi connectivity index (χ3n) is 3.84. The fraction of sp³-hybridized carbons (Fsp3) is 0.429. The summed E-state index contributed by atoms with van der Waals surface area (Å²) in [5.41, 5.74) is 1.20. The van der Waals surface area contributed by atoms with E-state index in [0.717, 1.165) is 0 Å². The summed E-state index contributed by atoms with van der Waals surface area (Å²) < 4.78 is 28.4. The number of carbonyl (C=O) groups is 1. The van der Waals surface area contributed by atoms with Crippen molar-refractivity contribution in [3.05, 3.63) is 29.7 Å². The first-order valence-electron chi connectivity index (χ1n) is 7.64. The van der Waals surface area contributed by atoms with Crippen LogP contribution >= 0.6 is 11.3 Å². The fourth-order valence-corrected chi connectivity index (χ4v) is 4.57. The van der Waals surface area contributed by atoms with E-state index in [4.69, 9.17) is 5.11 Å². The predicted molar refractivity (Wildman–Crippen MR) is 90.8 cm³/mol. The molecular weight excluding hydrogens is 366 g/mol. The summed E-state index contributed by atoms with van der Waals surface area (Å²) in [6.45, 7) is 0.348. The average molecular weight is 383 g/mol. The molecule has 2 N–H and O–H groups in total. The van der Waals surface area contributed by atoms with Gasteiger partial charge < -0.3 is 5.11 Å². The Bertz CT molecular complexity index is 840. The number of aliphatic carboxylic acids is 1. The molecule has 134 valence electrons. The van der Waals surface area contributed by atoms with Crippen LogP contribution in [0.5, 0.6) is 0 Å². The minimum atomic E-state index is -3.75. The fourth-order valence-electron chi connectivity index (χ4n) is 2.53. The van der Waals surface area contributed by atoms with Crippen LogP contribution in [0, 0.1) is 5.92 Å². The van der Waals surface area contributed by atoms with E-state index in [-0.39, 0.29) is 13.1 Å². The first-order valence-corrected chi connectivity index (χ1v) is 9.96. The van der Waals surface area contributed by atoms with E-state index in [2.05, 4.69) is 19.7 Å². The van der Waals surface area contributed by atoms with E-state index in [9.17, 15) is 13.2 Å². The van der Waals surface area contributed by atoms with Gasteiger partial charge in [0.05, 0.1) is 24.4 Å². The van der Waals surface area contributed by atoms with Crippen LogP contribution in [0.3, 0.4) is 0 Å². The quantitative estimate of drug-likeness (QED) is 0.753. The van der Waals surface area contributed by atoms with Gasteiger partial charge in [-0.25, -0.2) is 4.98 Å². The van der Waals surface area contributed by atoms with Crippen molar-refractivity contribution in [1.82, 2.24) is 24.0 Å². The van der Waals surface area contributed by atoms with Crippen LogP contribution in [-0.2, 0) is 21.5 Å². The van der Waals surface area contributed by atoms with Gasteiger partial charge in [0, 0.05) is 30.9 Å². The topological polar surface area (TPSA) is 125 Å². The highest BCUT2D eigenvalue weighted by molar-refractivity contribution is 7.87. The Balaban J connectivity index is 1.63. The summed E-state index contributed by atoms with van der Waals surface area (Å²) in [6, 6.07) is 0. The second-order valence-corrected chi connectivity index (χ2v) is 8.21. The van der Waals surface area contributed by atoms with Crippen molar-refractivity contribution in [2.45, 2.75) is 19.4 Å². The first kappa shape index (κ1) is 17.9. The second kappa shape index (κ2) is 7.52. The summed E-state index contributed by atoms with van der Waals surface area (Å²) in [5, 5.41) is 11.5. The molecule has 0 saturated carbocycles. The van der Waals surface area contributed by atoms with Crippen molar-refractivity contribution in [2.24, 2.45) is 5.92 Å². The van der Waals surface area contributed by atoms with Crippen LogP contribution in [-0.4, -0.2) is 51.8 Å². The highest BCUT2D eigenvalue weighted by atomic mass is 32.2. The Morgan fingerprint density at radius 3 is 3.00 bits per heavy atom.